The van der Waals surface area contributed by atoms with Crippen LogP contribution < -0.4 is 19.5 Å². The molecule has 0 saturated carbocycles. The third-order valence-electron chi connectivity index (χ3n) is 4.41. The second-order valence-corrected chi connectivity index (χ2v) is 6.12. The first-order valence-corrected chi connectivity index (χ1v) is 8.97. The second-order valence-electron chi connectivity index (χ2n) is 6.12. The van der Waals surface area contributed by atoms with E-state index >= 15 is 0 Å². The van der Waals surface area contributed by atoms with Gasteiger partial charge in [-0.3, -0.25) is 9.89 Å². The van der Waals surface area contributed by atoms with Crippen LogP contribution in [0.3, 0.4) is 0 Å². The molecule has 150 valence electrons. The van der Waals surface area contributed by atoms with Gasteiger partial charge < -0.3 is 19.5 Å². The molecule has 1 amide bonds. The molecule has 2 aromatic carbocycles. The van der Waals surface area contributed by atoms with Crippen LogP contribution in [0.15, 0.2) is 43.0 Å². The largest absolute Gasteiger partial charge is 0.495 e. The van der Waals surface area contributed by atoms with Gasteiger partial charge in [0, 0.05) is 6.54 Å². The number of rotatable bonds is 8. The first kappa shape index (κ1) is 20.0. The van der Waals surface area contributed by atoms with E-state index in [9.17, 15) is 4.79 Å². The number of carbonyl (C=O) groups is 1. The zero-order valence-electron chi connectivity index (χ0n) is 16.6. The topological polar surface area (TPSA) is 85.5 Å². The summed E-state index contributed by atoms with van der Waals surface area (Å²) >= 11 is 0. The van der Waals surface area contributed by atoms with Gasteiger partial charge in [0.2, 0.25) is 0 Å². The minimum atomic E-state index is -0.236. The van der Waals surface area contributed by atoms with Crippen molar-refractivity contribution in [3.05, 3.63) is 59.8 Å². The summed E-state index contributed by atoms with van der Waals surface area (Å²) < 4.78 is 16.2. The summed E-state index contributed by atoms with van der Waals surface area (Å²) in [6.45, 7) is 3.99. The molecule has 1 heterocycles. The first-order valence-electron chi connectivity index (χ1n) is 8.97. The maximum atomic E-state index is 12.5. The number of nitrogens with one attached hydrogen (secondary N) is 2. The van der Waals surface area contributed by atoms with Crippen LogP contribution in [0.5, 0.6) is 17.2 Å². The minimum Gasteiger partial charge on any atom is -0.495 e. The number of hydrogen-bond acceptors (Lipinski definition) is 5. The summed E-state index contributed by atoms with van der Waals surface area (Å²) in [5.74, 6) is 1.52. The van der Waals surface area contributed by atoms with E-state index in [1.165, 1.54) is 7.11 Å². The Kier molecular flexibility index (Phi) is 6.19. The lowest BCUT2D eigenvalue weighted by Crippen LogP contribution is -2.23. The molecule has 29 heavy (non-hydrogen) atoms. The molecule has 0 saturated heterocycles. The van der Waals surface area contributed by atoms with Gasteiger partial charge in [-0.25, -0.2) is 0 Å². The van der Waals surface area contributed by atoms with Gasteiger partial charge in [0.1, 0.15) is 5.75 Å². The molecule has 0 spiro atoms. The molecule has 7 heteroatoms. The summed E-state index contributed by atoms with van der Waals surface area (Å²) in [5.41, 5.74) is 2.78. The summed E-state index contributed by atoms with van der Waals surface area (Å²) in [4.78, 5) is 12.5. The SMILES string of the molecule is C=CCNC(=O)c1ccc2[nH]nc(/C=C/c3ccc(OC)c(OC)c3)c2c1OC. The van der Waals surface area contributed by atoms with Crippen LogP contribution in [0.1, 0.15) is 21.6 Å². The van der Waals surface area contributed by atoms with Crippen molar-refractivity contribution in [3.8, 4) is 17.2 Å². The van der Waals surface area contributed by atoms with Crippen LogP contribution in [-0.2, 0) is 0 Å². The van der Waals surface area contributed by atoms with Gasteiger partial charge >= 0.3 is 0 Å². The zero-order valence-corrected chi connectivity index (χ0v) is 16.6. The number of methoxy groups -OCH3 is 3. The van der Waals surface area contributed by atoms with Crippen LogP contribution in [-0.4, -0.2) is 44.0 Å². The standard InChI is InChI=1S/C22H23N3O4/c1-5-12-23-22(26)15-8-10-17-20(21(15)29-4)16(24-25-17)9-6-14-7-11-18(27-2)19(13-14)28-3/h5-11,13H,1,12H2,2-4H3,(H,23,26)(H,24,25)/b9-6+. The Labute approximate surface area is 169 Å². The van der Waals surface area contributed by atoms with E-state index in [4.69, 9.17) is 14.2 Å². The number of carbonyl (C=O) groups excluding carboxylic acids is 1. The average molecular weight is 393 g/mol. The fourth-order valence-electron chi connectivity index (χ4n) is 3.01. The highest BCUT2D eigenvalue weighted by Crippen LogP contribution is 2.33. The van der Waals surface area contributed by atoms with Gasteiger partial charge in [0.25, 0.3) is 5.91 Å². The maximum absolute atomic E-state index is 12.5. The molecule has 1 aromatic heterocycles. The van der Waals surface area contributed by atoms with Crippen LogP contribution in [0.25, 0.3) is 23.1 Å². The lowest BCUT2D eigenvalue weighted by Gasteiger charge is -2.10. The number of fused-ring (bicyclic) bond motifs is 1. The van der Waals surface area contributed by atoms with Gasteiger partial charge in [-0.1, -0.05) is 18.2 Å². The Bertz CT molecular complexity index is 1070. The molecule has 3 rings (SSSR count). The van der Waals surface area contributed by atoms with Crippen LogP contribution in [0.4, 0.5) is 0 Å². The second kappa shape index (κ2) is 8.97. The van der Waals surface area contributed by atoms with E-state index in [0.717, 1.165) is 16.5 Å². The van der Waals surface area contributed by atoms with Crippen molar-refractivity contribution in [1.82, 2.24) is 15.5 Å². The van der Waals surface area contributed by atoms with E-state index in [1.54, 1.807) is 32.4 Å². The van der Waals surface area contributed by atoms with Crippen LogP contribution >= 0.6 is 0 Å². The number of nitrogens with zero attached hydrogens (tertiary/aromatic N) is 1. The highest BCUT2D eigenvalue weighted by molar-refractivity contribution is 6.05. The van der Waals surface area contributed by atoms with E-state index < -0.39 is 0 Å². The molecule has 2 N–H and O–H groups in total. The molecular weight excluding hydrogens is 370 g/mol. The molecule has 7 nitrogen and oxygen atoms in total. The third kappa shape index (κ3) is 4.08. The molecule has 0 aliphatic rings. The van der Waals surface area contributed by atoms with Crippen molar-refractivity contribution in [3.63, 3.8) is 0 Å². The number of aromatic amines is 1. The molecule has 0 unspecified atom stereocenters. The van der Waals surface area contributed by atoms with Crippen molar-refractivity contribution in [2.75, 3.05) is 27.9 Å². The molecule has 0 atom stereocenters. The molecular formula is C22H23N3O4. The molecule has 0 radical (unpaired) electrons. The normalized spacial score (nSPS) is 10.9. The molecule has 0 fully saturated rings. The minimum absolute atomic E-state index is 0.236. The molecule has 3 aromatic rings. The fraction of sp³-hybridized carbons (Fsp3) is 0.182. The van der Waals surface area contributed by atoms with Crippen molar-refractivity contribution >= 4 is 29.0 Å². The predicted molar refractivity (Wildman–Crippen MR) is 114 cm³/mol. The van der Waals surface area contributed by atoms with Gasteiger partial charge in [-0.05, 0) is 35.9 Å². The van der Waals surface area contributed by atoms with Crippen molar-refractivity contribution < 1.29 is 19.0 Å². The molecule has 0 aliphatic heterocycles. The Hall–Kier alpha value is -3.74. The maximum Gasteiger partial charge on any atom is 0.255 e. The van der Waals surface area contributed by atoms with Crippen molar-refractivity contribution in [1.29, 1.82) is 0 Å². The zero-order chi connectivity index (χ0) is 20.8. The van der Waals surface area contributed by atoms with Crippen LogP contribution in [0.2, 0.25) is 0 Å². The number of aromatic nitrogens is 2. The Morgan fingerprint density at radius 2 is 1.90 bits per heavy atom. The van der Waals surface area contributed by atoms with E-state index in [-0.39, 0.29) is 5.91 Å². The van der Waals surface area contributed by atoms with Crippen molar-refractivity contribution in [2.24, 2.45) is 0 Å². The van der Waals surface area contributed by atoms with Gasteiger partial charge in [-0.2, -0.15) is 5.10 Å². The quantitative estimate of drug-likeness (QED) is 0.570. The summed E-state index contributed by atoms with van der Waals surface area (Å²) in [6.07, 6.45) is 5.38. The monoisotopic (exact) mass is 393 g/mol. The number of ether oxygens (including phenoxy) is 3. The Morgan fingerprint density at radius 3 is 2.59 bits per heavy atom. The summed E-state index contributed by atoms with van der Waals surface area (Å²) in [7, 11) is 4.72. The highest BCUT2D eigenvalue weighted by Gasteiger charge is 2.18. The number of hydrogen-bond donors (Lipinski definition) is 2. The number of H-pyrrole nitrogens is 1. The van der Waals surface area contributed by atoms with E-state index in [0.29, 0.717) is 35.1 Å². The number of amides is 1. The smallest absolute Gasteiger partial charge is 0.255 e. The molecule has 0 bridgehead atoms. The lowest BCUT2D eigenvalue weighted by atomic mass is 10.1. The third-order valence-corrected chi connectivity index (χ3v) is 4.41. The first-order chi connectivity index (χ1) is 14.1. The van der Waals surface area contributed by atoms with Crippen LogP contribution in [0, 0.1) is 0 Å². The van der Waals surface area contributed by atoms with Crippen molar-refractivity contribution in [2.45, 2.75) is 0 Å². The van der Waals surface area contributed by atoms with E-state index in [1.807, 2.05) is 30.4 Å². The van der Waals surface area contributed by atoms with E-state index in [2.05, 4.69) is 22.1 Å². The summed E-state index contributed by atoms with van der Waals surface area (Å²) in [6, 6.07) is 9.14. The number of benzene rings is 2. The Balaban J connectivity index is 2.01. The highest BCUT2D eigenvalue weighted by atomic mass is 16.5. The van der Waals surface area contributed by atoms with Gasteiger partial charge in [0.05, 0.1) is 43.5 Å². The molecule has 0 aliphatic carbocycles. The summed E-state index contributed by atoms with van der Waals surface area (Å²) in [5, 5.41) is 10.8. The lowest BCUT2D eigenvalue weighted by molar-refractivity contribution is 0.0955. The van der Waals surface area contributed by atoms with Gasteiger partial charge in [0.15, 0.2) is 11.5 Å². The Morgan fingerprint density at radius 1 is 1.10 bits per heavy atom. The predicted octanol–water partition coefficient (Wildman–Crippen LogP) is 3.67. The fourth-order valence-corrected chi connectivity index (χ4v) is 3.01. The average Bonchev–Trinajstić information content (AvgIpc) is 3.18. The van der Waals surface area contributed by atoms with Gasteiger partial charge in [-0.15, -0.1) is 6.58 Å².